The van der Waals surface area contributed by atoms with Crippen LogP contribution in [0.4, 0.5) is 5.69 Å². The van der Waals surface area contributed by atoms with Crippen molar-refractivity contribution in [3.05, 3.63) is 22.4 Å². The van der Waals surface area contributed by atoms with E-state index in [4.69, 9.17) is 5.73 Å². The van der Waals surface area contributed by atoms with Crippen LogP contribution in [0.5, 0.6) is 0 Å². The van der Waals surface area contributed by atoms with Gasteiger partial charge in [0.05, 0.1) is 11.4 Å². The van der Waals surface area contributed by atoms with Crippen LogP contribution in [0.3, 0.4) is 0 Å². The van der Waals surface area contributed by atoms with E-state index >= 15 is 0 Å². The molecule has 1 unspecified atom stereocenters. The average Bonchev–Trinajstić information content (AvgIpc) is 2.29. The number of anilines is 1. The second kappa shape index (κ2) is 6.71. The van der Waals surface area contributed by atoms with Crippen molar-refractivity contribution >= 4 is 27.5 Å². The molecular weight excluding hydrogens is 282 g/mol. The maximum Gasteiger partial charge on any atom is 0.224 e. The first kappa shape index (κ1) is 14.1. The Morgan fingerprint density at radius 2 is 2.29 bits per heavy atom. The number of nitrogens with zero attached hydrogens (tertiary/aromatic N) is 1. The van der Waals surface area contributed by atoms with Crippen molar-refractivity contribution in [2.75, 3.05) is 11.9 Å². The number of hydrogen-bond donors (Lipinski definition) is 2. The number of amides is 1. The molecule has 17 heavy (non-hydrogen) atoms. The highest BCUT2D eigenvalue weighted by Crippen LogP contribution is 2.17. The number of pyridine rings is 1. The number of aromatic nitrogens is 1. The molecule has 3 N–H and O–H groups in total. The summed E-state index contributed by atoms with van der Waals surface area (Å²) in [6, 6.07) is 3.65. The fourth-order valence-electron chi connectivity index (χ4n) is 1.52. The zero-order chi connectivity index (χ0) is 12.8. The molecule has 1 rings (SSSR count). The molecule has 0 saturated heterocycles. The molecule has 0 aromatic carbocycles. The lowest BCUT2D eigenvalue weighted by molar-refractivity contribution is -0.117. The minimum absolute atomic E-state index is 0.00507. The van der Waals surface area contributed by atoms with Crippen LogP contribution in [0.1, 0.15) is 25.5 Å². The van der Waals surface area contributed by atoms with Gasteiger partial charge in [-0.3, -0.25) is 4.79 Å². The summed E-state index contributed by atoms with van der Waals surface area (Å²) >= 11 is 3.28. The van der Waals surface area contributed by atoms with Gasteiger partial charge >= 0.3 is 0 Å². The third kappa shape index (κ3) is 4.44. The molecule has 0 spiro atoms. The van der Waals surface area contributed by atoms with E-state index in [-0.39, 0.29) is 11.8 Å². The standard InChI is InChI=1S/C12H18BrN3O/c1-3-9(7-14)6-12(17)16-10-4-5-11(13)15-8(10)2/h4-5,9H,3,6-7,14H2,1-2H3,(H,16,17). The van der Waals surface area contributed by atoms with Crippen molar-refractivity contribution in [1.82, 2.24) is 4.98 Å². The van der Waals surface area contributed by atoms with Crippen LogP contribution in [-0.2, 0) is 4.79 Å². The Morgan fingerprint density at radius 3 is 2.82 bits per heavy atom. The lowest BCUT2D eigenvalue weighted by atomic mass is 10.0. The molecule has 0 aliphatic rings. The Hall–Kier alpha value is -0.940. The molecule has 0 fully saturated rings. The van der Waals surface area contributed by atoms with Crippen LogP contribution in [0, 0.1) is 12.8 Å². The summed E-state index contributed by atoms with van der Waals surface area (Å²) in [6.45, 7) is 4.44. The molecular formula is C12H18BrN3O. The maximum atomic E-state index is 11.8. The van der Waals surface area contributed by atoms with E-state index in [1.54, 1.807) is 0 Å². The van der Waals surface area contributed by atoms with Crippen LogP contribution in [0.15, 0.2) is 16.7 Å². The fraction of sp³-hybridized carbons (Fsp3) is 0.500. The van der Waals surface area contributed by atoms with Crippen molar-refractivity contribution in [2.24, 2.45) is 11.7 Å². The summed E-state index contributed by atoms with van der Waals surface area (Å²) in [5.41, 5.74) is 7.13. The largest absolute Gasteiger partial charge is 0.330 e. The van der Waals surface area contributed by atoms with Gasteiger partial charge in [0, 0.05) is 6.42 Å². The first-order valence-electron chi connectivity index (χ1n) is 5.69. The van der Waals surface area contributed by atoms with E-state index in [0.29, 0.717) is 13.0 Å². The highest BCUT2D eigenvalue weighted by atomic mass is 79.9. The van der Waals surface area contributed by atoms with Gasteiger partial charge in [-0.05, 0) is 47.4 Å². The van der Waals surface area contributed by atoms with Gasteiger partial charge in [0.1, 0.15) is 4.60 Å². The zero-order valence-electron chi connectivity index (χ0n) is 10.2. The predicted octanol–water partition coefficient (Wildman–Crippen LogP) is 2.47. The molecule has 94 valence electrons. The van der Waals surface area contributed by atoms with Gasteiger partial charge in [0.25, 0.3) is 0 Å². The van der Waals surface area contributed by atoms with Crippen molar-refractivity contribution in [3.63, 3.8) is 0 Å². The number of rotatable bonds is 5. The molecule has 5 heteroatoms. The Morgan fingerprint density at radius 1 is 1.59 bits per heavy atom. The summed E-state index contributed by atoms with van der Waals surface area (Å²) in [4.78, 5) is 16.0. The molecule has 1 heterocycles. The summed E-state index contributed by atoms with van der Waals surface area (Å²) in [7, 11) is 0. The first-order valence-corrected chi connectivity index (χ1v) is 6.49. The number of nitrogens with one attached hydrogen (secondary N) is 1. The van der Waals surface area contributed by atoms with Crippen molar-refractivity contribution < 1.29 is 4.79 Å². The lowest BCUT2D eigenvalue weighted by Gasteiger charge is -2.13. The highest BCUT2D eigenvalue weighted by Gasteiger charge is 2.11. The molecule has 1 aromatic heterocycles. The number of hydrogen-bond acceptors (Lipinski definition) is 3. The van der Waals surface area contributed by atoms with Crippen LogP contribution in [0.2, 0.25) is 0 Å². The number of aryl methyl sites for hydroxylation is 1. The quantitative estimate of drug-likeness (QED) is 0.821. The normalized spacial score (nSPS) is 12.2. The van der Waals surface area contributed by atoms with Crippen LogP contribution in [-0.4, -0.2) is 17.4 Å². The summed E-state index contributed by atoms with van der Waals surface area (Å²) < 4.78 is 0.765. The molecule has 0 aliphatic heterocycles. The van der Waals surface area contributed by atoms with Gasteiger partial charge < -0.3 is 11.1 Å². The van der Waals surface area contributed by atoms with Gasteiger partial charge in [-0.1, -0.05) is 13.3 Å². The smallest absolute Gasteiger partial charge is 0.224 e. The minimum atomic E-state index is -0.00507. The predicted molar refractivity (Wildman–Crippen MR) is 72.8 cm³/mol. The monoisotopic (exact) mass is 299 g/mol. The molecule has 0 bridgehead atoms. The molecule has 1 aromatic rings. The van der Waals surface area contributed by atoms with Crippen LogP contribution < -0.4 is 11.1 Å². The highest BCUT2D eigenvalue weighted by molar-refractivity contribution is 9.10. The molecule has 1 amide bonds. The van der Waals surface area contributed by atoms with Gasteiger partial charge in [-0.15, -0.1) is 0 Å². The summed E-state index contributed by atoms with van der Waals surface area (Å²) in [6.07, 6.45) is 1.38. The first-order chi connectivity index (χ1) is 8.06. The molecule has 0 saturated carbocycles. The third-order valence-electron chi connectivity index (χ3n) is 2.71. The minimum Gasteiger partial charge on any atom is -0.330 e. The fourth-order valence-corrected chi connectivity index (χ4v) is 1.92. The summed E-state index contributed by atoms with van der Waals surface area (Å²) in [5.74, 6) is 0.244. The molecule has 0 radical (unpaired) electrons. The topological polar surface area (TPSA) is 68.0 Å². The molecule has 0 aliphatic carbocycles. The third-order valence-corrected chi connectivity index (χ3v) is 3.15. The van der Waals surface area contributed by atoms with Crippen LogP contribution in [0.25, 0.3) is 0 Å². The summed E-state index contributed by atoms with van der Waals surface area (Å²) in [5, 5.41) is 2.86. The number of carbonyl (C=O) groups is 1. The van der Waals surface area contributed by atoms with Gasteiger partial charge in [0.15, 0.2) is 0 Å². The lowest BCUT2D eigenvalue weighted by Crippen LogP contribution is -2.22. The van der Waals surface area contributed by atoms with E-state index < -0.39 is 0 Å². The molecule has 4 nitrogen and oxygen atoms in total. The second-order valence-electron chi connectivity index (χ2n) is 4.03. The average molecular weight is 300 g/mol. The van der Waals surface area contributed by atoms with E-state index in [9.17, 15) is 4.79 Å². The van der Waals surface area contributed by atoms with Gasteiger partial charge in [-0.25, -0.2) is 4.98 Å². The zero-order valence-corrected chi connectivity index (χ0v) is 11.8. The van der Waals surface area contributed by atoms with E-state index in [2.05, 4.69) is 26.2 Å². The van der Waals surface area contributed by atoms with Gasteiger partial charge in [-0.2, -0.15) is 0 Å². The van der Waals surface area contributed by atoms with Crippen molar-refractivity contribution in [2.45, 2.75) is 26.7 Å². The molecule has 1 atom stereocenters. The van der Waals surface area contributed by atoms with E-state index in [1.807, 2.05) is 26.0 Å². The number of nitrogens with two attached hydrogens (primary N) is 1. The SMILES string of the molecule is CCC(CN)CC(=O)Nc1ccc(Br)nc1C. The van der Waals surface area contributed by atoms with Gasteiger partial charge in [0.2, 0.25) is 5.91 Å². The Bertz CT molecular complexity index is 391. The second-order valence-corrected chi connectivity index (χ2v) is 4.84. The Labute approximate surface area is 110 Å². The van der Waals surface area contributed by atoms with Crippen molar-refractivity contribution in [1.29, 1.82) is 0 Å². The van der Waals surface area contributed by atoms with E-state index in [1.165, 1.54) is 0 Å². The van der Waals surface area contributed by atoms with Crippen LogP contribution >= 0.6 is 15.9 Å². The Kier molecular flexibility index (Phi) is 5.58. The number of halogens is 1. The number of carbonyl (C=O) groups excluding carboxylic acids is 1. The Balaban J connectivity index is 2.62. The maximum absolute atomic E-state index is 11.8. The van der Waals surface area contributed by atoms with E-state index in [0.717, 1.165) is 22.4 Å². The van der Waals surface area contributed by atoms with Crippen molar-refractivity contribution in [3.8, 4) is 0 Å².